The lowest BCUT2D eigenvalue weighted by Crippen LogP contribution is -2.33. The molecule has 8 heteroatoms. The molecule has 0 aromatic heterocycles. The molecule has 0 spiro atoms. The number of nitrogens with one attached hydrogen (secondary N) is 1. The molecule has 0 radical (unpaired) electrons. The van der Waals surface area contributed by atoms with Gasteiger partial charge < -0.3 is 10.1 Å². The van der Waals surface area contributed by atoms with Crippen molar-refractivity contribution < 1.29 is 17.9 Å². The van der Waals surface area contributed by atoms with Gasteiger partial charge >= 0.3 is 0 Å². The molecule has 1 amide bonds. The Balaban J connectivity index is 1.86. The summed E-state index contributed by atoms with van der Waals surface area (Å²) in [5, 5.41) is 2.74. The van der Waals surface area contributed by atoms with Gasteiger partial charge in [-0.15, -0.1) is 0 Å². The van der Waals surface area contributed by atoms with Crippen LogP contribution < -0.4 is 10.1 Å². The second-order valence-corrected chi connectivity index (χ2v) is 8.87. The number of amides is 1. The van der Waals surface area contributed by atoms with Gasteiger partial charge in [-0.1, -0.05) is 24.3 Å². The Morgan fingerprint density at radius 2 is 1.79 bits per heavy atom. The number of anilines is 1. The fourth-order valence-electron chi connectivity index (χ4n) is 2.50. The zero-order valence-electron chi connectivity index (χ0n) is 16.7. The average molecular weight is 406 g/mol. The molecule has 0 atom stereocenters. The maximum absolute atomic E-state index is 12.3. The molecular formula is C20H27N3O4S. The van der Waals surface area contributed by atoms with Crippen molar-refractivity contribution in [3.05, 3.63) is 54.1 Å². The summed E-state index contributed by atoms with van der Waals surface area (Å²) in [6.07, 6.45) is 0. The number of carbonyl (C=O) groups excluding carboxylic acids is 1. The summed E-state index contributed by atoms with van der Waals surface area (Å²) in [4.78, 5) is 14.2. The van der Waals surface area contributed by atoms with E-state index in [1.807, 2.05) is 43.1 Å². The van der Waals surface area contributed by atoms with Crippen LogP contribution in [0.4, 0.5) is 5.69 Å². The predicted octanol–water partition coefficient (Wildman–Crippen LogP) is 2.19. The Morgan fingerprint density at radius 3 is 2.46 bits per heavy atom. The topological polar surface area (TPSA) is 79.0 Å². The average Bonchev–Trinajstić information content (AvgIpc) is 2.63. The molecule has 28 heavy (non-hydrogen) atoms. The molecule has 0 aliphatic heterocycles. The summed E-state index contributed by atoms with van der Waals surface area (Å²) in [5.74, 6) is 0.608. The van der Waals surface area contributed by atoms with Gasteiger partial charge in [0.15, 0.2) is 0 Å². The molecule has 0 aliphatic rings. The lowest BCUT2D eigenvalue weighted by atomic mass is 10.2. The minimum atomic E-state index is -3.55. The Morgan fingerprint density at radius 1 is 1.07 bits per heavy atom. The highest BCUT2D eigenvalue weighted by molar-refractivity contribution is 7.89. The summed E-state index contributed by atoms with van der Waals surface area (Å²) < 4.78 is 31.3. The maximum atomic E-state index is 12.3. The predicted molar refractivity (Wildman–Crippen MR) is 110 cm³/mol. The van der Waals surface area contributed by atoms with E-state index in [-0.39, 0.29) is 17.3 Å². The van der Waals surface area contributed by atoms with Crippen LogP contribution in [0.5, 0.6) is 5.75 Å². The number of ether oxygens (including phenoxy) is 1. The number of nitrogens with zero attached hydrogens (tertiary/aromatic N) is 2. The fraction of sp³-hybridized carbons (Fsp3) is 0.350. The molecule has 0 bridgehead atoms. The molecule has 1 N–H and O–H groups in total. The van der Waals surface area contributed by atoms with Crippen LogP contribution in [-0.4, -0.2) is 64.4 Å². The van der Waals surface area contributed by atoms with Crippen LogP contribution in [0.3, 0.4) is 0 Å². The third-order valence-electron chi connectivity index (χ3n) is 4.13. The number of hydrogen-bond acceptors (Lipinski definition) is 5. The van der Waals surface area contributed by atoms with E-state index in [1.165, 1.54) is 26.2 Å². The van der Waals surface area contributed by atoms with E-state index in [0.29, 0.717) is 18.8 Å². The van der Waals surface area contributed by atoms with Gasteiger partial charge in [0.25, 0.3) is 0 Å². The minimum Gasteiger partial charge on any atom is -0.492 e. The zero-order chi connectivity index (χ0) is 20.7. The van der Waals surface area contributed by atoms with E-state index >= 15 is 0 Å². The number of rotatable bonds is 9. The number of hydrogen-bond donors (Lipinski definition) is 1. The van der Waals surface area contributed by atoms with Gasteiger partial charge in [0.1, 0.15) is 12.4 Å². The second kappa shape index (κ2) is 9.68. The zero-order valence-corrected chi connectivity index (χ0v) is 17.5. The van der Waals surface area contributed by atoms with Gasteiger partial charge in [-0.2, -0.15) is 0 Å². The minimum absolute atomic E-state index is 0.135. The fourth-order valence-corrected chi connectivity index (χ4v) is 3.45. The van der Waals surface area contributed by atoms with E-state index in [0.717, 1.165) is 15.6 Å². The Kier molecular flexibility index (Phi) is 7.56. The van der Waals surface area contributed by atoms with Crippen molar-refractivity contribution in [2.75, 3.05) is 46.2 Å². The molecular weight excluding hydrogens is 378 g/mol. The molecule has 0 unspecified atom stereocenters. The molecule has 2 rings (SSSR count). The van der Waals surface area contributed by atoms with Crippen LogP contribution in [0, 0.1) is 6.92 Å². The number of benzene rings is 2. The lowest BCUT2D eigenvalue weighted by Gasteiger charge is -2.17. The van der Waals surface area contributed by atoms with Crippen LogP contribution in [0.1, 0.15) is 5.56 Å². The van der Waals surface area contributed by atoms with Crippen molar-refractivity contribution >= 4 is 21.6 Å². The van der Waals surface area contributed by atoms with E-state index in [9.17, 15) is 13.2 Å². The summed E-state index contributed by atoms with van der Waals surface area (Å²) in [6.45, 7) is 3.20. The van der Waals surface area contributed by atoms with Gasteiger partial charge in [-0.05, 0) is 43.8 Å². The highest BCUT2D eigenvalue weighted by Gasteiger charge is 2.17. The highest BCUT2D eigenvalue weighted by atomic mass is 32.2. The van der Waals surface area contributed by atoms with Gasteiger partial charge in [-0.3, -0.25) is 9.69 Å². The molecule has 0 heterocycles. The normalized spacial score (nSPS) is 11.6. The Bertz CT molecular complexity index is 913. The van der Waals surface area contributed by atoms with Crippen LogP contribution in [-0.2, 0) is 14.8 Å². The van der Waals surface area contributed by atoms with Gasteiger partial charge in [0.2, 0.25) is 15.9 Å². The van der Waals surface area contributed by atoms with Crippen LogP contribution in [0.15, 0.2) is 53.4 Å². The molecule has 0 saturated heterocycles. The Hall–Kier alpha value is -2.42. The first-order valence-corrected chi connectivity index (χ1v) is 10.3. The standard InChI is InChI=1S/C20H27N3O4S/c1-16-8-5-6-11-19(16)27-13-12-23(4)15-20(24)21-17-9-7-10-18(14-17)28(25,26)22(2)3/h5-11,14H,12-13,15H2,1-4H3,(H,21,24). The molecule has 0 fully saturated rings. The molecule has 0 aliphatic carbocycles. The van der Waals surface area contributed by atoms with Crippen molar-refractivity contribution in [2.24, 2.45) is 0 Å². The summed E-state index contributed by atoms with van der Waals surface area (Å²) >= 11 is 0. The molecule has 0 saturated carbocycles. The van der Waals surface area contributed by atoms with Crippen molar-refractivity contribution in [3.8, 4) is 5.75 Å². The molecule has 2 aromatic carbocycles. The number of likely N-dealkylation sites (N-methyl/N-ethyl adjacent to an activating group) is 1. The van der Waals surface area contributed by atoms with E-state index in [4.69, 9.17) is 4.74 Å². The van der Waals surface area contributed by atoms with E-state index < -0.39 is 10.0 Å². The molecule has 2 aromatic rings. The van der Waals surface area contributed by atoms with Crippen molar-refractivity contribution in [2.45, 2.75) is 11.8 Å². The van der Waals surface area contributed by atoms with Crippen molar-refractivity contribution in [3.63, 3.8) is 0 Å². The maximum Gasteiger partial charge on any atom is 0.242 e. The third-order valence-corrected chi connectivity index (χ3v) is 5.95. The van der Waals surface area contributed by atoms with Crippen LogP contribution >= 0.6 is 0 Å². The van der Waals surface area contributed by atoms with Gasteiger partial charge in [0.05, 0.1) is 11.4 Å². The summed E-state index contributed by atoms with van der Waals surface area (Å²) in [7, 11) is 1.22. The molecule has 152 valence electrons. The second-order valence-electron chi connectivity index (χ2n) is 6.72. The first-order chi connectivity index (χ1) is 13.2. The number of aryl methyl sites for hydroxylation is 1. The Labute approximate surface area is 167 Å². The van der Waals surface area contributed by atoms with E-state index in [1.54, 1.807) is 12.1 Å². The quantitative estimate of drug-likeness (QED) is 0.692. The lowest BCUT2D eigenvalue weighted by molar-refractivity contribution is -0.117. The summed E-state index contributed by atoms with van der Waals surface area (Å²) in [6, 6.07) is 14.0. The van der Waals surface area contributed by atoms with Crippen molar-refractivity contribution in [1.29, 1.82) is 0 Å². The smallest absolute Gasteiger partial charge is 0.242 e. The monoisotopic (exact) mass is 405 g/mol. The highest BCUT2D eigenvalue weighted by Crippen LogP contribution is 2.18. The van der Waals surface area contributed by atoms with Crippen LogP contribution in [0.25, 0.3) is 0 Å². The van der Waals surface area contributed by atoms with Gasteiger partial charge in [0, 0.05) is 26.3 Å². The first kappa shape index (κ1) is 21.9. The third kappa shape index (κ3) is 6.05. The first-order valence-electron chi connectivity index (χ1n) is 8.89. The van der Waals surface area contributed by atoms with E-state index in [2.05, 4.69) is 5.32 Å². The number of carbonyl (C=O) groups is 1. The number of para-hydroxylation sites is 1. The SMILES string of the molecule is Cc1ccccc1OCCN(C)CC(=O)Nc1cccc(S(=O)(=O)N(C)C)c1. The number of sulfonamides is 1. The summed E-state index contributed by atoms with van der Waals surface area (Å²) in [5.41, 5.74) is 1.51. The van der Waals surface area contributed by atoms with Gasteiger partial charge in [-0.25, -0.2) is 12.7 Å². The van der Waals surface area contributed by atoms with Crippen LogP contribution in [0.2, 0.25) is 0 Å². The van der Waals surface area contributed by atoms with Crippen molar-refractivity contribution in [1.82, 2.24) is 9.21 Å². The molecule has 7 nitrogen and oxygen atoms in total. The largest absolute Gasteiger partial charge is 0.492 e.